The zero-order chi connectivity index (χ0) is 13.7. The molecule has 4 heteroatoms. The van der Waals surface area contributed by atoms with Crippen LogP contribution in [0.25, 0.3) is 0 Å². The van der Waals surface area contributed by atoms with Gasteiger partial charge < -0.3 is 15.2 Å². The van der Waals surface area contributed by atoms with Gasteiger partial charge in [0.25, 0.3) is 0 Å². The van der Waals surface area contributed by atoms with E-state index in [4.69, 9.17) is 4.74 Å². The molecule has 2 aliphatic rings. The average Bonchev–Trinajstić information content (AvgIpc) is 2.42. The lowest BCUT2D eigenvalue weighted by Crippen LogP contribution is -2.48. The van der Waals surface area contributed by atoms with Gasteiger partial charge in [0.05, 0.1) is 18.6 Å². The Morgan fingerprint density at radius 2 is 1.84 bits per heavy atom. The normalized spacial score (nSPS) is 35.9. The van der Waals surface area contributed by atoms with Crippen LogP contribution < -0.4 is 5.32 Å². The first-order valence-corrected chi connectivity index (χ1v) is 7.81. The number of hydrogen-bond donors (Lipinski definition) is 2. The first kappa shape index (κ1) is 14.8. The quantitative estimate of drug-likeness (QED) is 0.766. The number of aliphatic hydroxyl groups excluding tert-OH is 1. The van der Waals surface area contributed by atoms with E-state index in [-0.39, 0.29) is 24.0 Å². The second kappa shape index (κ2) is 7.25. The average molecular weight is 269 g/mol. The summed E-state index contributed by atoms with van der Waals surface area (Å²) >= 11 is 0. The molecule has 0 aromatic heterocycles. The molecule has 0 aromatic carbocycles. The minimum Gasteiger partial charge on any atom is -0.466 e. The fourth-order valence-electron chi connectivity index (χ4n) is 3.36. The smallest absolute Gasteiger partial charge is 0.308 e. The minimum absolute atomic E-state index is 0.0290. The molecule has 110 valence electrons. The number of rotatable bonds is 4. The highest BCUT2D eigenvalue weighted by Crippen LogP contribution is 2.27. The number of carbonyl (C=O) groups is 1. The molecule has 0 heterocycles. The van der Waals surface area contributed by atoms with Crippen molar-refractivity contribution < 1.29 is 14.6 Å². The Balaban J connectivity index is 1.72. The van der Waals surface area contributed by atoms with Crippen molar-refractivity contribution in [2.75, 3.05) is 6.61 Å². The van der Waals surface area contributed by atoms with Gasteiger partial charge in [-0.1, -0.05) is 12.8 Å². The lowest BCUT2D eigenvalue weighted by molar-refractivity contribution is -0.149. The van der Waals surface area contributed by atoms with E-state index in [1.807, 2.05) is 6.92 Å². The molecule has 19 heavy (non-hydrogen) atoms. The highest BCUT2D eigenvalue weighted by atomic mass is 16.5. The third-order valence-corrected chi connectivity index (χ3v) is 4.53. The number of esters is 1. The van der Waals surface area contributed by atoms with Gasteiger partial charge in [-0.3, -0.25) is 4.79 Å². The molecule has 2 N–H and O–H groups in total. The summed E-state index contributed by atoms with van der Waals surface area (Å²) in [6, 6.07) is 0.723. The van der Waals surface area contributed by atoms with Crippen LogP contribution in [-0.2, 0) is 9.53 Å². The Hall–Kier alpha value is -0.610. The Bertz CT molecular complexity index is 287. The largest absolute Gasteiger partial charge is 0.466 e. The van der Waals surface area contributed by atoms with Gasteiger partial charge in [-0.05, 0) is 45.4 Å². The number of aliphatic hydroxyl groups is 1. The molecule has 4 nitrogen and oxygen atoms in total. The van der Waals surface area contributed by atoms with E-state index in [1.165, 1.54) is 6.42 Å². The van der Waals surface area contributed by atoms with Gasteiger partial charge in [0.2, 0.25) is 0 Å². The molecule has 0 aliphatic heterocycles. The second-order valence-corrected chi connectivity index (χ2v) is 5.93. The Morgan fingerprint density at radius 1 is 1.16 bits per heavy atom. The Kier molecular flexibility index (Phi) is 5.64. The number of carbonyl (C=O) groups excluding carboxylic acids is 1. The van der Waals surface area contributed by atoms with Crippen LogP contribution in [0.15, 0.2) is 0 Å². The molecule has 0 radical (unpaired) electrons. The lowest BCUT2D eigenvalue weighted by atomic mass is 9.84. The van der Waals surface area contributed by atoms with E-state index >= 15 is 0 Å². The van der Waals surface area contributed by atoms with Gasteiger partial charge in [-0.25, -0.2) is 0 Å². The summed E-state index contributed by atoms with van der Waals surface area (Å²) in [5.74, 6) is 0.0629. The number of hydrogen-bond acceptors (Lipinski definition) is 4. The Labute approximate surface area is 115 Å². The van der Waals surface area contributed by atoms with Crippen molar-refractivity contribution in [3.8, 4) is 0 Å². The molecule has 2 atom stereocenters. The van der Waals surface area contributed by atoms with Crippen LogP contribution in [0.5, 0.6) is 0 Å². The fraction of sp³-hybridized carbons (Fsp3) is 0.933. The van der Waals surface area contributed by atoms with Crippen molar-refractivity contribution in [1.29, 1.82) is 0 Å². The minimum atomic E-state index is -0.184. The monoisotopic (exact) mass is 269 g/mol. The Morgan fingerprint density at radius 3 is 2.47 bits per heavy atom. The first-order chi connectivity index (χ1) is 9.20. The molecule has 2 aliphatic carbocycles. The SMILES string of the molecule is CCOC(=O)C1CCC(NC2CCCCC2O)CC1. The molecule has 2 rings (SSSR count). The van der Waals surface area contributed by atoms with E-state index in [0.717, 1.165) is 44.9 Å². The summed E-state index contributed by atoms with van der Waals surface area (Å²) in [6.45, 7) is 2.33. The highest BCUT2D eigenvalue weighted by molar-refractivity contribution is 5.72. The van der Waals surface area contributed by atoms with Gasteiger partial charge in [-0.2, -0.15) is 0 Å². The van der Waals surface area contributed by atoms with E-state index in [1.54, 1.807) is 0 Å². The maximum Gasteiger partial charge on any atom is 0.308 e. The maximum atomic E-state index is 11.7. The third kappa shape index (κ3) is 4.18. The molecule has 0 amide bonds. The number of nitrogens with one attached hydrogen (secondary N) is 1. The van der Waals surface area contributed by atoms with Crippen LogP contribution in [0.2, 0.25) is 0 Å². The molecule has 2 unspecified atom stereocenters. The third-order valence-electron chi connectivity index (χ3n) is 4.53. The molecule has 2 saturated carbocycles. The number of ether oxygens (including phenoxy) is 1. The van der Waals surface area contributed by atoms with Crippen LogP contribution in [-0.4, -0.2) is 35.9 Å². The van der Waals surface area contributed by atoms with Gasteiger partial charge in [0.15, 0.2) is 0 Å². The van der Waals surface area contributed by atoms with Gasteiger partial charge in [0.1, 0.15) is 0 Å². The summed E-state index contributed by atoms with van der Waals surface area (Å²) in [7, 11) is 0. The molecular weight excluding hydrogens is 242 g/mol. The summed E-state index contributed by atoms with van der Waals surface area (Å²) in [5, 5.41) is 13.6. The lowest BCUT2D eigenvalue weighted by Gasteiger charge is -2.35. The summed E-state index contributed by atoms with van der Waals surface area (Å²) in [6.07, 6.45) is 8.06. The van der Waals surface area contributed by atoms with Gasteiger partial charge in [0, 0.05) is 12.1 Å². The van der Waals surface area contributed by atoms with Crippen LogP contribution >= 0.6 is 0 Å². The van der Waals surface area contributed by atoms with E-state index in [0.29, 0.717) is 12.6 Å². The van der Waals surface area contributed by atoms with Crippen LogP contribution in [0.4, 0.5) is 0 Å². The summed E-state index contributed by atoms with van der Waals surface area (Å²) < 4.78 is 5.08. The standard InChI is InChI=1S/C15H27NO3/c1-2-19-15(18)11-7-9-12(10-8-11)16-13-5-3-4-6-14(13)17/h11-14,16-17H,2-10H2,1H3. The molecule has 2 fully saturated rings. The van der Waals surface area contributed by atoms with E-state index < -0.39 is 0 Å². The van der Waals surface area contributed by atoms with Crippen molar-refractivity contribution in [3.05, 3.63) is 0 Å². The van der Waals surface area contributed by atoms with Gasteiger partial charge in [-0.15, -0.1) is 0 Å². The topological polar surface area (TPSA) is 58.6 Å². The predicted molar refractivity (Wildman–Crippen MR) is 73.8 cm³/mol. The molecular formula is C15H27NO3. The van der Waals surface area contributed by atoms with Gasteiger partial charge >= 0.3 is 5.97 Å². The highest BCUT2D eigenvalue weighted by Gasteiger charge is 2.30. The van der Waals surface area contributed by atoms with Crippen molar-refractivity contribution >= 4 is 5.97 Å². The fourth-order valence-corrected chi connectivity index (χ4v) is 3.36. The first-order valence-electron chi connectivity index (χ1n) is 7.81. The van der Waals surface area contributed by atoms with Crippen molar-refractivity contribution in [2.45, 2.75) is 76.5 Å². The molecule has 0 saturated heterocycles. The molecule has 0 bridgehead atoms. The molecule has 0 spiro atoms. The van der Waals surface area contributed by atoms with Crippen molar-refractivity contribution in [3.63, 3.8) is 0 Å². The molecule has 0 aromatic rings. The van der Waals surface area contributed by atoms with E-state index in [2.05, 4.69) is 5.32 Å². The van der Waals surface area contributed by atoms with Crippen LogP contribution in [0, 0.1) is 5.92 Å². The van der Waals surface area contributed by atoms with Crippen molar-refractivity contribution in [1.82, 2.24) is 5.32 Å². The van der Waals surface area contributed by atoms with Crippen molar-refractivity contribution in [2.24, 2.45) is 5.92 Å². The zero-order valence-corrected chi connectivity index (χ0v) is 11.9. The zero-order valence-electron chi connectivity index (χ0n) is 11.9. The second-order valence-electron chi connectivity index (χ2n) is 5.93. The summed E-state index contributed by atoms with van der Waals surface area (Å²) in [5.41, 5.74) is 0. The van der Waals surface area contributed by atoms with Crippen LogP contribution in [0.3, 0.4) is 0 Å². The summed E-state index contributed by atoms with van der Waals surface area (Å²) in [4.78, 5) is 11.7. The van der Waals surface area contributed by atoms with Crippen LogP contribution in [0.1, 0.15) is 58.3 Å². The maximum absolute atomic E-state index is 11.7. The predicted octanol–water partition coefficient (Wildman–Crippen LogP) is 2.00. The van der Waals surface area contributed by atoms with E-state index in [9.17, 15) is 9.90 Å².